The van der Waals surface area contributed by atoms with E-state index in [9.17, 15) is 51.9 Å². The molecule has 0 saturated heterocycles. The molecular formula is C32H24N8O12S4. The van der Waals surface area contributed by atoms with E-state index in [0.717, 1.165) is 24.3 Å². The summed E-state index contributed by atoms with van der Waals surface area (Å²) < 4.78 is 137. The molecule has 4 aromatic heterocycles. The minimum absolute atomic E-state index is 0.159. The second-order valence-corrected chi connectivity index (χ2v) is 18.4. The highest BCUT2D eigenvalue weighted by molar-refractivity contribution is 7.86. The minimum Gasteiger partial charge on any atom is -0.327 e. The van der Waals surface area contributed by atoms with Gasteiger partial charge in [0.25, 0.3) is 40.5 Å². The van der Waals surface area contributed by atoms with Gasteiger partial charge in [-0.2, -0.15) is 33.7 Å². The van der Waals surface area contributed by atoms with Gasteiger partial charge in [-0.1, -0.05) is 0 Å². The van der Waals surface area contributed by atoms with Crippen molar-refractivity contribution >= 4 is 130 Å². The Morgan fingerprint density at radius 3 is 0.643 bits per heavy atom. The molecular weight excluding hydrogens is 817 g/mol. The highest BCUT2D eigenvalue weighted by Crippen LogP contribution is 2.44. The Labute approximate surface area is 314 Å². The van der Waals surface area contributed by atoms with E-state index in [2.05, 4.69) is 41.2 Å². The van der Waals surface area contributed by atoms with Gasteiger partial charge in [0.05, 0.1) is 19.6 Å². The Morgan fingerprint density at radius 1 is 0.286 bits per heavy atom. The molecule has 288 valence electrons. The number of fused-ring (bicyclic) bond motifs is 20. The summed E-state index contributed by atoms with van der Waals surface area (Å²) in [5, 5.41) is 15.1. The van der Waals surface area contributed by atoms with E-state index in [0.29, 0.717) is 21.5 Å². The van der Waals surface area contributed by atoms with Gasteiger partial charge in [0.15, 0.2) is 0 Å². The minimum atomic E-state index is -4.69. The van der Waals surface area contributed by atoms with Crippen LogP contribution in [0.1, 0.15) is 0 Å². The summed E-state index contributed by atoms with van der Waals surface area (Å²) in [6.07, 6.45) is 0. The molecule has 0 atom stereocenters. The summed E-state index contributed by atoms with van der Waals surface area (Å²) in [6, 6.07) is 15.1. The van der Waals surface area contributed by atoms with Crippen molar-refractivity contribution in [2.24, 2.45) is 0 Å². The van der Waals surface area contributed by atoms with Gasteiger partial charge in [0.1, 0.15) is 46.5 Å². The van der Waals surface area contributed by atoms with Gasteiger partial charge in [-0.25, -0.2) is 0 Å². The number of nitrogens with one attached hydrogen (secondary N) is 8. The first-order chi connectivity index (χ1) is 26.2. The van der Waals surface area contributed by atoms with Crippen molar-refractivity contribution in [3.05, 3.63) is 72.8 Å². The van der Waals surface area contributed by atoms with Crippen LogP contribution >= 0.6 is 0 Å². The van der Waals surface area contributed by atoms with Gasteiger partial charge >= 0.3 is 0 Å². The summed E-state index contributed by atoms with van der Waals surface area (Å²) >= 11 is 0. The van der Waals surface area contributed by atoms with E-state index in [1.165, 1.54) is 48.5 Å². The number of aromatic nitrogens is 4. The number of benzene rings is 4. The fraction of sp³-hybridized carbons (Fsp3) is 0. The molecule has 8 bridgehead atoms. The van der Waals surface area contributed by atoms with Crippen molar-refractivity contribution in [2.45, 2.75) is 19.6 Å². The van der Waals surface area contributed by atoms with Gasteiger partial charge in [0, 0.05) is 43.1 Å². The van der Waals surface area contributed by atoms with Crippen LogP contribution in [0.5, 0.6) is 0 Å². The highest BCUT2D eigenvalue weighted by atomic mass is 32.2. The molecule has 0 amide bonds. The van der Waals surface area contributed by atoms with Crippen LogP contribution in [0.25, 0.3) is 43.1 Å². The van der Waals surface area contributed by atoms with Gasteiger partial charge in [-0.15, -0.1) is 0 Å². The predicted octanol–water partition coefficient (Wildman–Crippen LogP) is 5.89. The Balaban J connectivity index is 1.36. The van der Waals surface area contributed by atoms with Gasteiger partial charge < -0.3 is 41.2 Å². The van der Waals surface area contributed by atoms with E-state index in [1.54, 1.807) is 0 Å². The maximum absolute atomic E-state index is 12.2. The van der Waals surface area contributed by atoms with Crippen molar-refractivity contribution in [3.8, 4) is 0 Å². The number of anilines is 8. The molecule has 8 aromatic rings. The van der Waals surface area contributed by atoms with Crippen LogP contribution in [0, 0.1) is 0 Å². The first-order valence-corrected chi connectivity index (χ1v) is 21.6. The van der Waals surface area contributed by atoms with E-state index in [4.69, 9.17) is 0 Å². The fourth-order valence-electron chi connectivity index (χ4n) is 6.76. The molecule has 0 unspecified atom stereocenters. The Hall–Kier alpha value is -6.12. The molecule has 0 fully saturated rings. The third-order valence-electron chi connectivity index (χ3n) is 9.31. The molecule has 1 aliphatic heterocycles. The standard InChI is InChI=1S/C32H24N8O12S4/c41-53(42,43)13-1-5-17-21(9-13)29-33-25(17)37-30-22-10-14(54(44,45)46)2-6-18(22)27(34-30)39-32-24-12-16(56(50,51)52)4-8-20(24)28(36-32)40-31-23-11-15(55(47,48)49)3-7-19(23)26(35-31)38-29/h1-12,33-40H,(H,41,42,43)(H,44,45,46)(H,47,48,49)(H,50,51,52). The monoisotopic (exact) mass is 840 g/mol. The molecule has 4 aromatic carbocycles. The number of hydrogen-bond acceptors (Lipinski definition) is 12. The van der Waals surface area contributed by atoms with Crippen LogP contribution in [0.3, 0.4) is 0 Å². The molecule has 0 radical (unpaired) electrons. The van der Waals surface area contributed by atoms with Crippen molar-refractivity contribution in [3.63, 3.8) is 0 Å². The van der Waals surface area contributed by atoms with Gasteiger partial charge in [-0.05, 0) is 72.8 Å². The summed E-state index contributed by atoms with van der Waals surface area (Å²) in [5.41, 5.74) is 0. The van der Waals surface area contributed by atoms with E-state index >= 15 is 0 Å². The van der Waals surface area contributed by atoms with Crippen molar-refractivity contribution in [1.29, 1.82) is 0 Å². The van der Waals surface area contributed by atoms with E-state index in [1.807, 2.05) is 0 Å². The number of rotatable bonds is 4. The summed E-state index contributed by atoms with van der Waals surface area (Å²) in [6.45, 7) is 0. The number of hydrogen-bond donors (Lipinski definition) is 12. The molecule has 0 spiro atoms. The Kier molecular flexibility index (Phi) is 7.43. The van der Waals surface area contributed by atoms with Crippen LogP contribution in [-0.4, -0.2) is 71.8 Å². The molecule has 0 saturated carbocycles. The second-order valence-electron chi connectivity index (χ2n) is 12.7. The zero-order chi connectivity index (χ0) is 39.7. The zero-order valence-electron chi connectivity index (χ0n) is 27.6. The SMILES string of the molecule is O=S(=O)(O)c1ccc2c3[nH]c(c2c1)Nc1[nH]c(c2cc(S(=O)(=O)O)ccc12)Nc1[nH]c(c2cc(S(=O)(=O)O)ccc12)Nc1[nH]c(c2cc(S(=O)(=O)O)ccc12)N3. The second kappa shape index (κ2) is 11.7. The summed E-state index contributed by atoms with van der Waals surface area (Å²) in [5.74, 6) is 1.51. The molecule has 1 aliphatic rings. The van der Waals surface area contributed by atoms with Crippen molar-refractivity contribution in [1.82, 2.24) is 19.9 Å². The third-order valence-corrected chi connectivity index (χ3v) is 12.7. The molecule has 0 aliphatic carbocycles. The lowest BCUT2D eigenvalue weighted by Gasteiger charge is -2.06. The molecule has 24 heteroatoms. The van der Waals surface area contributed by atoms with Crippen LogP contribution in [0.15, 0.2) is 92.4 Å². The maximum atomic E-state index is 12.2. The lowest BCUT2D eigenvalue weighted by atomic mass is 10.1. The predicted molar refractivity (Wildman–Crippen MR) is 206 cm³/mol. The average molecular weight is 841 g/mol. The lowest BCUT2D eigenvalue weighted by molar-refractivity contribution is 0.481. The van der Waals surface area contributed by atoms with Crippen molar-refractivity contribution in [2.75, 3.05) is 21.3 Å². The molecule has 56 heavy (non-hydrogen) atoms. The first-order valence-electron chi connectivity index (χ1n) is 15.8. The first kappa shape index (κ1) is 35.6. The molecule has 5 heterocycles. The Morgan fingerprint density at radius 2 is 0.464 bits per heavy atom. The molecule has 20 nitrogen and oxygen atoms in total. The van der Waals surface area contributed by atoms with Crippen molar-refractivity contribution < 1.29 is 51.9 Å². The maximum Gasteiger partial charge on any atom is 0.294 e. The zero-order valence-corrected chi connectivity index (χ0v) is 30.9. The van der Waals surface area contributed by atoms with E-state index < -0.39 is 60.1 Å². The largest absolute Gasteiger partial charge is 0.327 e. The summed E-state index contributed by atoms with van der Waals surface area (Å²) in [7, 11) is -18.7. The normalized spacial score (nSPS) is 13.8. The average Bonchev–Trinajstić information content (AvgIpc) is 3.84. The number of aromatic amines is 4. The Bertz CT molecular complexity index is 3030. The van der Waals surface area contributed by atoms with Gasteiger partial charge in [0.2, 0.25) is 0 Å². The van der Waals surface area contributed by atoms with Crippen LogP contribution in [-0.2, 0) is 40.5 Å². The quantitative estimate of drug-likeness (QED) is 0.0919. The van der Waals surface area contributed by atoms with Crippen LogP contribution in [0.4, 0.5) is 46.5 Å². The third kappa shape index (κ3) is 5.87. The van der Waals surface area contributed by atoms with Gasteiger partial charge in [-0.3, -0.25) is 18.2 Å². The lowest BCUT2D eigenvalue weighted by Crippen LogP contribution is -1.98. The van der Waals surface area contributed by atoms with Crippen LogP contribution in [0.2, 0.25) is 0 Å². The molecule has 9 rings (SSSR count). The summed E-state index contributed by atoms with van der Waals surface area (Å²) in [4.78, 5) is 10.8. The molecule has 12 N–H and O–H groups in total. The van der Waals surface area contributed by atoms with E-state index in [-0.39, 0.29) is 68.1 Å². The topological polar surface area (TPSA) is 329 Å². The fourth-order valence-corrected chi connectivity index (χ4v) is 8.79. The smallest absolute Gasteiger partial charge is 0.294 e. The number of H-pyrrole nitrogens is 4. The highest BCUT2D eigenvalue weighted by Gasteiger charge is 2.25. The van der Waals surface area contributed by atoms with Crippen LogP contribution < -0.4 is 21.3 Å².